The summed E-state index contributed by atoms with van der Waals surface area (Å²) < 4.78 is 0. The molecule has 0 aromatic heterocycles. The third-order valence-corrected chi connectivity index (χ3v) is 7.53. The predicted octanol–water partition coefficient (Wildman–Crippen LogP) is 2.46. The first-order chi connectivity index (χ1) is 11.0. The van der Waals surface area contributed by atoms with Crippen LogP contribution in [0, 0.1) is 5.92 Å². The summed E-state index contributed by atoms with van der Waals surface area (Å²) in [5.41, 5.74) is 0. The number of hydrogen-bond donors (Lipinski definition) is 0. The Balaban J connectivity index is 0.00000312. The Labute approximate surface area is 175 Å². The number of nitrogens with zero attached hydrogens (tertiary/aromatic N) is 4. The van der Waals surface area contributed by atoms with Crippen LogP contribution in [0.5, 0.6) is 0 Å². The Morgan fingerprint density at radius 2 is 1.36 bits per heavy atom. The van der Waals surface area contributed by atoms with Crippen LogP contribution in [0.2, 0.25) is 0 Å². The Hall–Kier alpha value is 0.939. The fourth-order valence-electron chi connectivity index (χ4n) is 4.05. The summed E-state index contributed by atoms with van der Waals surface area (Å²) in [5.74, 6) is 0.662. The van der Waals surface area contributed by atoms with Crippen LogP contribution in [0.4, 0.5) is 0 Å². The predicted molar refractivity (Wildman–Crippen MR) is 105 cm³/mol. The van der Waals surface area contributed by atoms with E-state index >= 15 is 0 Å². The van der Waals surface area contributed by atoms with Crippen molar-refractivity contribution in [2.45, 2.75) is 43.6 Å². The van der Waals surface area contributed by atoms with Crippen LogP contribution in [0.1, 0.15) is 27.7 Å². The van der Waals surface area contributed by atoms with E-state index in [9.17, 15) is 0 Å². The summed E-state index contributed by atoms with van der Waals surface area (Å²) in [4.78, 5) is 8.74. The largest absolute Gasteiger partial charge is 0.305 e. The molecule has 6 unspecified atom stereocenters. The molecule has 0 N–H and O–H groups in total. The van der Waals surface area contributed by atoms with Gasteiger partial charge in [0.25, 0.3) is 0 Å². The Bertz CT molecular complexity index is 422. The average Bonchev–Trinajstić information content (AvgIpc) is 2.46. The van der Waals surface area contributed by atoms with Crippen molar-refractivity contribution in [3.8, 4) is 0 Å². The Kier molecular flexibility index (Phi) is 9.04. The molecular formula is C18H36Cl2MnN4. The van der Waals surface area contributed by atoms with E-state index in [1.165, 1.54) is 0 Å². The van der Waals surface area contributed by atoms with Crippen LogP contribution in [0.3, 0.4) is 0 Å². The van der Waals surface area contributed by atoms with Crippen LogP contribution in [0.15, 0.2) is 0 Å². The smallest absolute Gasteiger partial charge is 0.114 e. The summed E-state index contributed by atoms with van der Waals surface area (Å²) in [6.45, 7) is 17.0. The molecule has 6 atom stereocenters. The van der Waals surface area contributed by atoms with Gasteiger partial charge < -0.3 is 9.80 Å². The van der Waals surface area contributed by atoms with Crippen LogP contribution in [0.25, 0.3) is 0 Å². The number of hydrogen-bond acceptors (Lipinski definition) is 4. The van der Waals surface area contributed by atoms with E-state index in [1.54, 1.807) is 0 Å². The first-order valence-corrected chi connectivity index (χ1v) is 10.0. The molecule has 2 aliphatic heterocycles. The van der Waals surface area contributed by atoms with Gasteiger partial charge in [-0.15, -0.1) is 23.2 Å². The summed E-state index contributed by atoms with van der Waals surface area (Å²) in [6.07, 6.45) is 0. The van der Waals surface area contributed by atoms with Crippen LogP contribution >= 0.6 is 23.2 Å². The van der Waals surface area contributed by atoms with E-state index in [1.807, 2.05) is 0 Å². The van der Waals surface area contributed by atoms with Crippen LogP contribution < -0.4 is 0 Å². The third kappa shape index (κ3) is 5.71. The maximum atomic E-state index is 7.09. The maximum Gasteiger partial charge on any atom is 0.114 e. The zero-order valence-corrected chi connectivity index (χ0v) is 19.4. The number of alkyl halides is 2. The average molecular weight is 434 g/mol. The van der Waals surface area contributed by atoms with Gasteiger partial charge in [0.15, 0.2) is 0 Å². The first-order valence-electron chi connectivity index (χ1n) is 9.28. The fraction of sp³-hybridized carbons (Fsp3) is 1.00. The van der Waals surface area contributed by atoms with Gasteiger partial charge >= 0.3 is 0 Å². The van der Waals surface area contributed by atoms with Crippen LogP contribution in [-0.4, -0.2) is 102 Å². The minimum Gasteiger partial charge on any atom is -0.305 e. The van der Waals surface area contributed by atoms with Gasteiger partial charge in [-0.25, -0.2) is 0 Å². The molecule has 0 saturated carbocycles. The molecule has 149 valence electrons. The SMILES string of the molecule is CC1CN(C)CCN2CCN(CCN(C)CC(C)(Cl)C2(C)Cl)C1C.[Mn]. The monoisotopic (exact) mass is 433 g/mol. The summed E-state index contributed by atoms with van der Waals surface area (Å²) in [6, 6.07) is 0.573. The topological polar surface area (TPSA) is 13.0 Å². The minimum atomic E-state index is -0.569. The van der Waals surface area contributed by atoms with Gasteiger partial charge in [-0.2, -0.15) is 0 Å². The molecule has 2 aliphatic rings. The zero-order valence-electron chi connectivity index (χ0n) is 16.7. The number of likely N-dealkylation sites (N-methyl/N-ethyl adjacent to an activating group) is 2. The Morgan fingerprint density at radius 1 is 0.840 bits per heavy atom. The summed E-state index contributed by atoms with van der Waals surface area (Å²) >= 11 is 14.1. The van der Waals surface area contributed by atoms with Gasteiger partial charge in [0.05, 0.1) is 4.87 Å². The molecule has 0 aromatic carbocycles. The number of rotatable bonds is 0. The van der Waals surface area contributed by atoms with Gasteiger partial charge in [0, 0.05) is 75.5 Å². The third-order valence-electron chi connectivity index (χ3n) is 6.29. The Morgan fingerprint density at radius 3 is 2.00 bits per heavy atom. The van der Waals surface area contributed by atoms with E-state index in [0.29, 0.717) is 12.0 Å². The molecule has 0 spiro atoms. The molecule has 0 aromatic rings. The quantitative estimate of drug-likeness (QED) is 0.330. The molecule has 2 saturated heterocycles. The molecule has 2 fully saturated rings. The van der Waals surface area contributed by atoms with E-state index in [0.717, 1.165) is 52.4 Å². The number of fused-ring (bicyclic) bond motifs is 3. The van der Waals surface area contributed by atoms with Gasteiger partial charge in [0.1, 0.15) is 5.00 Å². The molecule has 7 heteroatoms. The molecule has 4 nitrogen and oxygen atoms in total. The second kappa shape index (κ2) is 9.43. The molecule has 0 aliphatic carbocycles. The fourth-order valence-corrected chi connectivity index (χ4v) is 4.60. The van der Waals surface area contributed by atoms with Crippen molar-refractivity contribution >= 4 is 23.2 Å². The first kappa shape index (κ1) is 24.0. The standard InChI is InChI=1S/C18H36Cl2N4.Mn/c1-15-13-21(5)8-11-24-12-10-23(16(15)2)9-7-22(6)14-17(3,19)18(24,4)20;/h15-16H,7-14H2,1-6H3;. The molecule has 2 heterocycles. The molecule has 1 radical (unpaired) electrons. The summed E-state index contributed by atoms with van der Waals surface area (Å²) in [7, 11) is 4.38. The maximum absolute atomic E-state index is 7.09. The van der Waals surface area contributed by atoms with Crippen LogP contribution in [-0.2, 0) is 17.1 Å². The second-order valence-corrected chi connectivity index (χ2v) is 9.96. The molecule has 25 heavy (non-hydrogen) atoms. The van der Waals surface area contributed by atoms with Crippen molar-refractivity contribution in [3.05, 3.63) is 0 Å². The van der Waals surface area contributed by atoms with E-state index in [4.69, 9.17) is 23.2 Å². The van der Waals surface area contributed by atoms with Crippen molar-refractivity contribution in [2.75, 3.05) is 66.5 Å². The second-order valence-electron chi connectivity index (χ2n) is 8.39. The van der Waals surface area contributed by atoms with Gasteiger partial charge in [0.2, 0.25) is 0 Å². The van der Waals surface area contributed by atoms with Gasteiger partial charge in [-0.3, -0.25) is 9.80 Å². The zero-order chi connectivity index (χ0) is 18.1. The van der Waals surface area contributed by atoms with E-state index in [2.05, 4.69) is 61.4 Å². The van der Waals surface area contributed by atoms with Crippen molar-refractivity contribution in [1.82, 2.24) is 19.6 Å². The van der Waals surface area contributed by atoms with Crippen molar-refractivity contribution < 1.29 is 17.1 Å². The number of halogens is 2. The van der Waals surface area contributed by atoms with Crippen molar-refractivity contribution in [3.63, 3.8) is 0 Å². The van der Waals surface area contributed by atoms with Crippen molar-refractivity contribution in [1.29, 1.82) is 0 Å². The van der Waals surface area contributed by atoms with Crippen molar-refractivity contribution in [2.24, 2.45) is 5.92 Å². The van der Waals surface area contributed by atoms with Gasteiger partial charge in [-0.1, -0.05) is 6.92 Å². The minimum absolute atomic E-state index is 0. The van der Waals surface area contributed by atoms with E-state index < -0.39 is 9.87 Å². The summed E-state index contributed by atoms with van der Waals surface area (Å²) in [5, 5.41) is 0. The molecule has 2 rings (SSSR count). The van der Waals surface area contributed by atoms with Gasteiger partial charge in [-0.05, 0) is 40.8 Å². The molecular weight excluding hydrogens is 398 g/mol. The van der Waals surface area contributed by atoms with E-state index in [-0.39, 0.29) is 17.1 Å². The molecule has 0 amide bonds. The normalized spacial score (nSPS) is 45.6. The molecule has 2 bridgehead atoms.